The number of hydrogen-bond acceptors (Lipinski definition) is 2. The quantitative estimate of drug-likeness (QED) is 0.249. The molecule has 3 rings (SSSR count). The molecule has 0 atom stereocenters. The van der Waals surface area contributed by atoms with Crippen LogP contribution in [0.15, 0.2) is 35.5 Å². The lowest BCUT2D eigenvalue weighted by atomic mass is 9.93. The first-order chi connectivity index (χ1) is 13.2. The summed E-state index contributed by atoms with van der Waals surface area (Å²) in [5, 5.41) is 7.55. The van der Waals surface area contributed by atoms with Gasteiger partial charge in [0.15, 0.2) is 5.96 Å². The van der Waals surface area contributed by atoms with Gasteiger partial charge in [0.25, 0.3) is 0 Å². The molecule has 0 saturated carbocycles. The Morgan fingerprint density at radius 1 is 1.29 bits per heavy atom. The van der Waals surface area contributed by atoms with Crippen LogP contribution in [0.25, 0.3) is 10.9 Å². The number of halogens is 1. The van der Waals surface area contributed by atoms with Crippen LogP contribution in [0.3, 0.4) is 0 Å². The normalized spacial score (nSPS) is 15.4. The molecule has 1 aliphatic rings. The number of aromatic nitrogens is 1. The number of aryl methyl sites for hydroxylation is 1. The number of rotatable bonds is 6. The molecular formula is C21H32IN5O. The van der Waals surface area contributed by atoms with Gasteiger partial charge in [-0.3, -0.25) is 9.79 Å². The van der Waals surface area contributed by atoms with Crippen LogP contribution in [0.4, 0.5) is 0 Å². The van der Waals surface area contributed by atoms with E-state index in [1.807, 2.05) is 7.05 Å². The smallest absolute Gasteiger partial charge is 0.220 e. The third kappa shape index (κ3) is 5.86. The molecule has 2 aromatic rings. The maximum Gasteiger partial charge on any atom is 0.220 e. The van der Waals surface area contributed by atoms with Gasteiger partial charge in [-0.05, 0) is 43.2 Å². The summed E-state index contributed by atoms with van der Waals surface area (Å²) in [6, 6.07) is 8.45. The summed E-state index contributed by atoms with van der Waals surface area (Å²) in [7, 11) is 3.55. The van der Waals surface area contributed by atoms with E-state index in [1.54, 1.807) is 7.05 Å². The van der Waals surface area contributed by atoms with Crippen molar-refractivity contribution in [2.24, 2.45) is 10.9 Å². The number of carbonyl (C=O) groups is 1. The fourth-order valence-electron chi connectivity index (χ4n) is 3.86. The summed E-state index contributed by atoms with van der Waals surface area (Å²) in [5.41, 5.74) is 2.58. The number of carbonyl (C=O) groups excluding carboxylic acids is 1. The predicted octanol–water partition coefficient (Wildman–Crippen LogP) is 3.14. The van der Waals surface area contributed by atoms with Crippen LogP contribution in [-0.2, 0) is 11.2 Å². The largest absolute Gasteiger partial charge is 0.361 e. The van der Waals surface area contributed by atoms with Gasteiger partial charge in [0, 0.05) is 57.3 Å². The average Bonchev–Trinajstić information content (AvgIpc) is 3.12. The van der Waals surface area contributed by atoms with Gasteiger partial charge in [0.2, 0.25) is 5.91 Å². The molecule has 1 aliphatic heterocycles. The lowest BCUT2D eigenvalue weighted by Crippen LogP contribution is -2.46. The third-order valence-corrected chi connectivity index (χ3v) is 5.46. The van der Waals surface area contributed by atoms with Crippen molar-refractivity contribution < 1.29 is 4.79 Å². The van der Waals surface area contributed by atoms with Gasteiger partial charge < -0.3 is 20.5 Å². The molecular weight excluding hydrogens is 465 g/mol. The van der Waals surface area contributed by atoms with Crippen molar-refractivity contribution in [3.63, 3.8) is 0 Å². The first-order valence-electron chi connectivity index (χ1n) is 9.92. The van der Waals surface area contributed by atoms with Gasteiger partial charge in [-0.15, -0.1) is 24.0 Å². The van der Waals surface area contributed by atoms with Crippen LogP contribution < -0.4 is 10.6 Å². The summed E-state index contributed by atoms with van der Waals surface area (Å²) in [5.74, 6) is 1.61. The second-order valence-electron chi connectivity index (χ2n) is 7.24. The number of likely N-dealkylation sites (tertiary alicyclic amines) is 1. The van der Waals surface area contributed by atoms with E-state index in [2.05, 4.69) is 56.0 Å². The van der Waals surface area contributed by atoms with Crippen LogP contribution in [0.5, 0.6) is 0 Å². The Morgan fingerprint density at radius 2 is 2.04 bits per heavy atom. The molecule has 0 radical (unpaired) electrons. The number of aliphatic imine (C=N–C) groups is 1. The first-order valence-corrected chi connectivity index (χ1v) is 9.92. The number of amides is 1. The highest BCUT2D eigenvalue weighted by Crippen LogP contribution is 2.21. The Labute approximate surface area is 184 Å². The highest BCUT2D eigenvalue weighted by molar-refractivity contribution is 14.0. The zero-order valence-electron chi connectivity index (χ0n) is 16.8. The molecule has 28 heavy (non-hydrogen) atoms. The molecule has 6 nitrogen and oxygen atoms in total. The minimum atomic E-state index is 0. The molecule has 3 N–H and O–H groups in total. The molecule has 7 heteroatoms. The van der Waals surface area contributed by atoms with E-state index in [-0.39, 0.29) is 29.9 Å². The van der Waals surface area contributed by atoms with E-state index in [1.165, 1.54) is 16.5 Å². The minimum absolute atomic E-state index is 0. The zero-order chi connectivity index (χ0) is 19.1. The predicted molar refractivity (Wildman–Crippen MR) is 126 cm³/mol. The monoisotopic (exact) mass is 497 g/mol. The molecule has 1 aromatic heterocycles. The molecule has 0 unspecified atom stereocenters. The number of fused-ring (bicyclic) bond motifs is 1. The van der Waals surface area contributed by atoms with E-state index in [9.17, 15) is 4.79 Å². The van der Waals surface area contributed by atoms with Crippen LogP contribution >= 0.6 is 24.0 Å². The summed E-state index contributed by atoms with van der Waals surface area (Å²) in [4.78, 5) is 21.6. The SMILES string of the molecule is CN=C(NCCCc1c[nH]c2ccccc12)N1CCC(CC(=O)NC)CC1.I. The summed E-state index contributed by atoms with van der Waals surface area (Å²) >= 11 is 0. The van der Waals surface area contributed by atoms with Crippen molar-refractivity contribution in [3.05, 3.63) is 36.0 Å². The number of para-hydroxylation sites is 1. The molecule has 0 aliphatic carbocycles. The molecule has 1 aromatic carbocycles. The fraction of sp³-hybridized carbons (Fsp3) is 0.524. The van der Waals surface area contributed by atoms with Gasteiger partial charge in [-0.2, -0.15) is 0 Å². The van der Waals surface area contributed by atoms with Crippen LogP contribution in [-0.4, -0.2) is 55.5 Å². The number of guanidine groups is 1. The highest BCUT2D eigenvalue weighted by Gasteiger charge is 2.22. The Bertz CT molecular complexity index is 780. The van der Waals surface area contributed by atoms with Gasteiger partial charge in [0.1, 0.15) is 0 Å². The van der Waals surface area contributed by atoms with E-state index >= 15 is 0 Å². The molecule has 0 spiro atoms. The van der Waals surface area contributed by atoms with E-state index in [4.69, 9.17) is 0 Å². The number of aromatic amines is 1. The number of nitrogens with zero attached hydrogens (tertiary/aromatic N) is 2. The van der Waals surface area contributed by atoms with Crippen LogP contribution in [0.2, 0.25) is 0 Å². The molecule has 2 heterocycles. The topological polar surface area (TPSA) is 72.5 Å². The molecule has 1 saturated heterocycles. The fourth-order valence-corrected chi connectivity index (χ4v) is 3.86. The summed E-state index contributed by atoms with van der Waals surface area (Å²) in [6.45, 7) is 2.83. The van der Waals surface area contributed by atoms with E-state index in [0.717, 1.165) is 51.3 Å². The number of H-pyrrole nitrogens is 1. The number of benzene rings is 1. The standard InChI is InChI=1S/C21H31N5O.HI/c1-22-20(27)14-16-9-12-26(13-10-16)21(23-2)24-11-5-6-17-15-25-19-8-4-3-7-18(17)19;/h3-4,7-8,15-16,25H,5-6,9-14H2,1-2H3,(H,22,27)(H,23,24);1H. The number of hydrogen-bond donors (Lipinski definition) is 3. The van der Waals surface area contributed by atoms with Crippen molar-refractivity contribution in [2.45, 2.75) is 32.1 Å². The lowest BCUT2D eigenvalue weighted by molar-refractivity contribution is -0.121. The minimum Gasteiger partial charge on any atom is -0.361 e. The van der Waals surface area contributed by atoms with Gasteiger partial charge in [-0.1, -0.05) is 18.2 Å². The van der Waals surface area contributed by atoms with Crippen LogP contribution in [0.1, 0.15) is 31.2 Å². The Hall–Kier alpha value is -1.77. The summed E-state index contributed by atoms with van der Waals surface area (Å²) in [6.07, 6.45) is 6.96. The molecule has 154 valence electrons. The van der Waals surface area contributed by atoms with Crippen molar-refractivity contribution in [2.75, 3.05) is 33.7 Å². The molecule has 0 bridgehead atoms. The van der Waals surface area contributed by atoms with Gasteiger partial charge in [-0.25, -0.2) is 0 Å². The second-order valence-corrected chi connectivity index (χ2v) is 7.24. The Morgan fingerprint density at radius 3 is 2.75 bits per heavy atom. The maximum atomic E-state index is 11.5. The van der Waals surface area contributed by atoms with Crippen LogP contribution in [0, 0.1) is 5.92 Å². The number of nitrogens with one attached hydrogen (secondary N) is 3. The lowest BCUT2D eigenvalue weighted by Gasteiger charge is -2.34. The van der Waals surface area contributed by atoms with Crippen molar-refractivity contribution in [1.82, 2.24) is 20.5 Å². The number of piperidine rings is 1. The van der Waals surface area contributed by atoms with Crippen molar-refractivity contribution in [3.8, 4) is 0 Å². The summed E-state index contributed by atoms with van der Waals surface area (Å²) < 4.78 is 0. The molecule has 1 fully saturated rings. The average molecular weight is 497 g/mol. The van der Waals surface area contributed by atoms with E-state index in [0.29, 0.717) is 12.3 Å². The highest BCUT2D eigenvalue weighted by atomic mass is 127. The van der Waals surface area contributed by atoms with Gasteiger partial charge >= 0.3 is 0 Å². The Kier molecular flexibility index (Phi) is 9.08. The zero-order valence-corrected chi connectivity index (χ0v) is 19.2. The van der Waals surface area contributed by atoms with E-state index < -0.39 is 0 Å². The van der Waals surface area contributed by atoms with Gasteiger partial charge in [0.05, 0.1) is 0 Å². The maximum absolute atomic E-state index is 11.5. The van der Waals surface area contributed by atoms with Crippen molar-refractivity contribution >= 4 is 46.7 Å². The second kappa shape index (κ2) is 11.3. The third-order valence-electron chi connectivity index (χ3n) is 5.46. The Balaban J connectivity index is 0.00000280. The van der Waals surface area contributed by atoms with Crippen molar-refractivity contribution in [1.29, 1.82) is 0 Å². The molecule has 1 amide bonds. The first kappa shape index (κ1) is 22.5.